The van der Waals surface area contributed by atoms with Crippen molar-refractivity contribution in [2.24, 2.45) is 0 Å². The smallest absolute Gasteiger partial charge is 0.338 e. The molecule has 0 saturated carbocycles. The minimum absolute atomic E-state index is 0.388. The Morgan fingerprint density at radius 3 is 2.68 bits per heavy atom. The van der Waals surface area contributed by atoms with E-state index in [0.29, 0.717) is 5.56 Å². The van der Waals surface area contributed by atoms with Crippen molar-refractivity contribution >= 4 is 35.2 Å². The third-order valence-electron chi connectivity index (χ3n) is 2.80. The minimum Gasteiger partial charge on any atom is -0.478 e. The summed E-state index contributed by atoms with van der Waals surface area (Å²) < 4.78 is 0. The summed E-state index contributed by atoms with van der Waals surface area (Å²) in [5, 5.41) is 12.5. The zero-order valence-corrected chi connectivity index (χ0v) is 13.1. The molecule has 0 bridgehead atoms. The van der Waals surface area contributed by atoms with Gasteiger partial charge in [-0.2, -0.15) is 11.8 Å². The summed E-state index contributed by atoms with van der Waals surface area (Å²) in [4.78, 5) is 12.1. The Morgan fingerprint density at radius 2 is 2.05 bits per heavy atom. The molecule has 0 aliphatic carbocycles. The third-order valence-corrected chi connectivity index (χ3v) is 4.28. The highest BCUT2D eigenvalue weighted by Gasteiger charge is 2.14. The van der Waals surface area contributed by atoms with Crippen LogP contribution in [-0.4, -0.2) is 35.9 Å². The molecule has 0 aliphatic heterocycles. The average Bonchev–Trinajstić information content (AvgIpc) is 2.42. The van der Waals surface area contributed by atoms with Crippen molar-refractivity contribution in [3.8, 4) is 0 Å². The largest absolute Gasteiger partial charge is 0.478 e. The van der Waals surface area contributed by atoms with Gasteiger partial charge in [-0.15, -0.1) is 11.8 Å². The number of nitrogens with one attached hydrogen (secondary N) is 1. The van der Waals surface area contributed by atoms with Gasteiger partial charge in [0, 0.05) is 17.1 Å². The van der Waals surface area contributed by atoms with Crippen LogP contribution in [0.2, 0.25) is 0 Å². The van der Waals surface area contributed by atoms with Gasteiger partial charge in [-0.3, -0.25) is 0 Å². The molecule has 0 heterocycles. The number of thioether (sulfide) groups is 2. The Morgan fingerprint density at radius 1 is 1.26 bits per heavy atom. The highest BCUT2D eigenvalue weighted by molar-refractivity contribution is 7.98. The first-order valence-corrected chi connectivity index (χ1v) is 8.95. The summed E-state index contributed by atoms with van der Waals surface area (Å²) in [5.41, 5.74) is 1.11. The summed E-state index contributed by atoms with van der Waals surface area (Å²) in [6.07, 6.45) is 7.49. The van der Waals surface area contributed by atoms with Crippen molar-refractivity contribution in [3.63, 3.8) is 0 Å². The number of hydrogen-bond donors (Lipinski definition) is 2. The summed E-state index contributed by atoms with van der Waals surface area (Å²) >= 11 is 3.33. The van der Waals surface area contributed by atoms with Gasteiger partial charge in [0.15, 0.2) is 0 Å². The summed E-state index contributed by atoms with van der Waals surface area (Å²) in [6, 6.07) is 5.58. The van der Waals surface area contributed by atoms with E-state index in [1.165, 1.54) is 30.4 Å². The predicted octanol–water partition coefficient (Wildman–Crippen LogP) is 4.05. The number of aromatic carboxylic acids is 1. The van der Waals surface area contributed by atoms with E-state index in [0.717, 1.165) is 23.5 Å². The maximum absolute atomic E-state index is 11.3. The van der Waals surface area contributed by atoms with E-state index >= 15 is 0 Å². The predicted molar refractivity (Wildman–Crippen MR) is 85.9 cm³/mol. The van der Waals surface area contributed by atoms with Crippen molar-refractivity contribution in [2.45, 2.75) is 24.2 Å². The van der Waals surface area contributed by atoms with Crippen LogP contribution in [0, 0.1) is 0 Å². The quantitative estimate of drug-likeness (QED) is 0.532. The zero-order chi connectivity index (χ0) is 14.1. The van der Waals surface area contributed by atoms with Crippen molar-refractivity contribution in [1.29, 1.82) is 0 Å². The van der Waals surface area contributed by atoms with Gasteiger partial charge in [0.05, 0.1) is 5.56 Å². The fourth-order valence-electron chi connectivity index (χ4n) is 1.84. The molecule has 106 valence electrons. The van der Waals surface area contributed by atoms with Crippen LogP contribution in [-0.2, 0) is 0 Å². The van der Waals surface area contributed by atoms with E-state index in [1.807, 2.05) is 36.2 Å². The van der Waals surface area contributed by atoms with Crippen LogP contribution in [0.25, 0.3) is 0 Å². The van der Waals surface area contributed by atoms with Crippen molar-refractivity contribution in [3.05, 3.63) is 23.8 Å². The molecule has 0 aliphatic rings. The first kappa shape index (κ1) is 16.2. The average molecular weight is 299 g/mol. The zero-order valence-electron chi connectivity index (χ0n) is 11.4. The monoisotopic (exact) mass is 299 g/mol. The molecule has 0 saturated heterocycles. The highest BCUT2D eigenvalue weighted by Crippen LogP contribution is 2.27. The Hall–Kier alpha value is -0.810. The number of anilines is 1. The number of unbranched alkanes of at least 4 members (excludes halogenated alkanes) is 2. The Labute approximate surface area is 123 Å². The molecule has 0 amide bonds. The van der Waals surface area contributed by atoms with E-state index in [1.54, 1.807) is 0 Å². The van der Waals surface area contributed by atoms with E-state index in [9.17, 15) is 9.90 Å². The molecule has 2 N–H and O–H groups in total. The molecule has 3 nitrogen and oxygen atoms in total. The number of hydrogen-bond acceptors (Lipinski definition) is 4. The molecule has 19 heavy (non-hydrogen) atoms. The molecule has 1 aromatic carbocycles. The maximum atomic E-state index is 11.3. The third kappa shape index (κ3) is 5.37. The van der Waals surface area contributed by atoms with Gasteiger partial charge < -0.3 is 10.4 Å². The molecule has 0 aromatic heterocycles. The van der Waals surface area contributed by atoms with Crippen LogP contribution in [0.5, 0.6) is 0 Å². The molecular weight excluding hydrogens is 278 g/mol. The molecule has 1 rings (SSSR count). The molecule has 0 unspecified atom stereocenters. The van der Waals surface area contributed by atoms with E-state index < -0.39 is 5.97 Å². The van der Waals surface area contributed by atoms with Crippen molar-refractivity contribution in [1.82, 2.24) is 0 Å². The lowest BCUT2D eigenvalue weighted by Crippen LogP contribution is -2.09. The van der Waals surface area contributed by atoms with Crippen LogP contribution in [0.15, 0.2) is 23.1 Å². The number of carboxylic acid groups (broad SMARTS) is 1. The van der Waals surface area contributed by atoms with Gasteiger partial charge in [0.25, 0.3) is 0 Å². The van der Waals surface area contributed by atoms with Gasteiger partial charge in [-0.1, -0.05) is 12.5 Å². The van der Waals surface area contributed by atoms with E-state index in [-0.39, 0.29) is 0 Å². The lowest BCUT2D eigenvalue weighted by molar-refractivity contribution is 0.0694. The van der Waals surface area contributed by atoms with Crippen molar-refractivity contribution in [2.75, 3.05) is 30.1 Å². The van der Waals surface area contributed by atoms with Crippen LogP contribution < -0.4 is 5.32 Å². The van der Waals surface area contributed by atoms with Gasteiger partial charge in [0.1, 0.15) is 0 Å². The fourth-order valence-corrected chi connectivity index (χ4v) is 2.95. The SMILES string of the molecule is CSCCCCCNc1cccc(SC)c1C(=O)O. The lowest BCUT2D eigenvalue weighted by atomic mass is 10.1. The normalized spacial score (nSPS) is 10.4. The van der Waals surface area contributed by atoms with Gasteiger partial charge in [0.2, 0.25) is 0 Å². The van der Waals surface area contributed by atoms with E-state index in [2.05, 4.69) is 11.6 Å². The van der Waals surface area contributed by atoms with Crippen LogP contribution in [0.3, 0.4) is 0 Å². The maximum Gasteiger partial charge on any atom is 0.338 e. The number of carboxylic acids is 1. The second kappa shape index (κ2) is 9.15. The Kier molecular flexibility index (Phi) is 7.82. The fraction of sp³-hybridized carbons (Fsp3) is 0.500. The second-order valence-corrected chi connectivity index (χ2v) is 6.00. The number of carbonyl (C=O) groups is 1. The molecule has 0 fully saturated rings. The van der Waals surface area contributed by atoms with Gasteiger partial charge in [-0.25, -0.2) is 4.79 Å². The van der Waals surface area contributed by atoms with Gasteiger partial charge in [-0.05, 0) is 43.2 Å². The second-order valence-electron chi connectivity index (χ2n) is 4.17. The molecule has 1 aromatic rings. The highest BCUT2D eigenvalue weighted by atomic mass is 32.2. The van der Waals surface area contributed by atoms with Crippen LogP contribution in [0.4, 0.5) is 5.69 Å². The number of rotatable bonds is 9. The van der Waals surface area contributed by atoms with Crippen molar-refractivity contribution < 1.29 is 9.90 Å². The molecule has 0 radical (unpaired) electrons. The minimum atomic E-state index is -0.866. The van der Waals surface area contributed by atoms with Crippen LogP contribution >= 0.6 is 23.5 Å². The first-order valence-electron chi connectivity index (χ1n) is 6.33. The Balaban J connectivity index is 2.55. The van der Waals surface area contributed by atoms with Crippen LogP contribution in [0.1, 0.15) is 29.6 Å². The van der Waals surface area contributed by atoms with E-state index in [4.69, 9.17) is 0 Å². The van der Waals surface area contributed by atoms with Gasteiger partial charge >= 0.3 is 5.97 Å². The topological polar surface area (TPSA) is 49.3 Å². The summed E-state index contributed by atoms with van der Waals surface area (Å²) in [6.45, 7) is 0.826. The first-order chi connectivity index (χ1) is 9.20. The standard InChI is InChI=1S/C14H21NO2S2/c1-18-10-5-3-4-9-15-11-7-6-8-12(19-2)13(11)14(16)17/h6-8,15H,3-5,9-10H2,1-2H3,(H,16,17). The number of benzene rings is 1. The molecule has 5 heteroatoms. The lowest BCUT2D eigenvalue weighted by Gasteiger charge is -2.12. The molecular formula is C14H21NO2S2. The molecule has 0 spiro atoms. The summed E-state index contributed by atoms with van der Waals surface area (Å²) in [5.74, 6) is 0.331. The molecule has 0 atom stereocenters. The summed E-state index contributed by atoms with van der Waals surface area (Å²) in [7, 11) is 0. The Bertz CT molecular complexity index is 410.